The van der Waals surface area contributed by atoms with Gasteiger partial charge in [-0.15, -0.1) is 0 Å². The highest BCUT2D eigenvalue weighted by molar-refractivity contribution is 5.75. The maximum absolute atomic E-state index is 11.1. The Morgan fingerprint density at radius 3 is 2.27 bits per heavy atom. The van der Waals surface area contributed by atoms with Crippen molar-refractivity contribution in [3.63, 3.8) is 0 Å². The highest BCUT2D eigenvalue weighted by atomic mass is 16.1. The van der Waals surface area contributed by atoms with Gasteiger partial charge in [0.2, 0.25) is 5.91 Å². The zero-order valence-electron chi connectivity index (χ0n) is 9.64. The quantitative estimate of drug-likeness (QED) is 0.355. The summed E-state index contributed by atoms with van der Waals surface area (Å²) in [6, 6.07) is 0. The van der Waals surface area contributed by atoms with Crippen molar-refractivity contribution in [3.05, 3.63) is 0 Å². The van der Waals surface area contributed by atoms with Crippen LogP contribution in [0.3, 0.4) is 0 Å². The molecule has 0 saturated carbocycles. The molecule has 0 heterocycles. The molecule has 0 unspecified atom stereocenters. The molecule has 5 nitrogen and oxygen atoms in total. The fourth-order valence-electron chi connectivity index (χ4n) is 1.13. The van der Waals surface area contributed by atoms with Crippen LogP contribution in [0.15, 0.2) is 0 Å². The fourth-order valence-corrected chi connectivity index (χ4v) is 1.13. The van der Waals surface area contributed by atoms with Crippen molar-refractivity contribution in [3.8, 4) is 0 Å². The van der Waals surface area contributed by atoms with Crippen LogP contribution in [0.5, 0.6) is 0 Å². The Kier molecular flexibility index (Phi) is 10.9. The molecule has 0 fully saturated rings. The highest BCUT2D eigenvalue weighted by Crippen LogP contribution is 1.83. The molecule has 0 aromatic rings. The van der Waals surface area contributed by atoms with Crippen molar-refractivity contribution in [1.29, 1.82) is 0 Å². The van der Waals surface area contributed by atoms with Crippen LogP contribution in [-0.4, -0.2) is 45.2 Å². The summed E-state index contributed by atoms with van der Waals surface area (Å²) in [4.78, 5) is 11.1. The molecular weight excluding hydrogens is 192 g/mol. The molecular formula is C10H24N4O. The molecule has 0 bridgehead atoms. The summed E-state index contributed by atoms with van der Waals surface area (Å²) in [5.74, 6) is 0.139. The predicted molar refractivity (Wildman–Crippen MR) is 62.7 cm³/mol. The van der Waals surface area contributed by atoms with Gasteiger partial charge in [-0.1, -0.05) is 6.92 Å². The number of nitrogens with one attached hydrogen (secondary N) is 3. The SMILES string of the molecule is CCCC(=O)NCCNCCNCCN. The van der Waals surface area contributed by atoms with E-state index in [0.717, 1.165) is 32.6 Å². The number of nitrogens with two attached hydrogens (primary N) is 1. The average Bonchev–Trinajstić information content (AvgIpc) is 2.22. The predicted octanol–water partition coefficient (Wildman–Crippen LogP) is -0.959. The third-order valence-electron chi connectivity index (χ3n) is 1.90. The summed E-state index contributed by atoms with van der Waals surface area (Å²) in [6.07, 6.45) is 1.53. The van der Waals surface area contributed by atoms with Gasteiger partial charge >= 0.3 is 0 Å². The first kappa shape index (κ1) is 14.3. The van der Waals surface area contributed by atoms with E-state index < -0.39 is 0 Å². The van der Waals surface area contributed by atoms with Gasteiger partial charge in [-0.25, -0.2) is 0 Å². The van der Waals surface area contributed by atoms with Crippen LogP contribution >= 0.6 is 0 Å². The van der Waals surface area contributed by atoms with E-state index in [1.807, 2.05) is 6.92 Å². The van der Waals surface area contributed by atoms with Crippen LogP contribution in [0.1, 0.15) is 19.8 Å². The summed E-state index contributed by atoms with van der Waals surface area (Å²) < 4.78 is 0. The fraction of sp³-hybridized carbons (Fsp3) is 0.900. The summed E-state index contributed by atoms with van der Waals surface area (Å²) in [6.45, 7) is 6.88. The number of amides is 1. The maximum Gasteiger partial charge on any atom is 0.220 e. The second-order valence-electron chi connectivity index (χ2n) is 3.39. The molecule has 0 aliphatic heterocycles. The molecule has 0 aliphatic carbocycles. The Balaban J connectivity index is 3.01. The van der Waals surface area contributed by atoms with Gasteiger partial charge in [-0.3, -0.25) is 4.79 Å². The van der Waals surface area contributed by atoms with E-state index in [1.54, 1.807) is 0 Å². The molecule has 0 aromatic carbocycles. The monoisotopic (exact) mass is 216 g/mol. The molecule has 5 heteroatoms. The van der Waals surface area contributed by atoms with Gasteiger partial charge < -0.3 is 21.7 Å². The Hall–Kier alpha value is -0.650. The highest BCUT2D eigenvalue weighted by Gasteiger charge is 1.96. The van der Waals surface area contributed by atoms with Crippen LogP contribution in [0, 0.1) is 0 Å². The van der Waals surface area contributed by atoms with Gasteiger partial charge in [0.15, 0.2) is 0 Å². The number of carbonyl (C=O) groups is 1. The lowest BCUT2D eigenvalue weighted by molar-refractivity contribution is -0.121. The molecule has 0 rings (SSSR count). The standard InChI is InChI=1S/C10H24N4O/c1-2-3-10(15)14-9-8-13-7-6-12-5-4-11/h12-13H,2-9,11H2,1H3,(H,14,15). The van der Waals surface area contributed by atoms with Gasteiger partial charge in [0.25, 0.3) is 0 Å². The molecule has 90 valence electrons. The van der Waals surface area contributed by atoms with Crippen molar-refractivity contribution < 1.29 is 4.79 Å². The summed E-state index contributed by atoms with van der Waals surface area (Å²) in [5, 5.41) is 9.25. The van der Waals surface area contributed by atoms with Gasteiger partial charge in [0, 0.05) is 45.7 Å². The number of rotatable bonds is 10. The zero-order valence-corrected chi connectivity index (χ0v) is 9.64. The molecule has 0 spiro atoms. The van der Waals surface area contributed by atoms with E-state index in [0.29, 0.717) is 19.5 Å². The van der Waals surface area contributed by atoms with E-state index in [-0.39, 0.29) is 5.91 Å². The Morgan fingerprint density at radius 1 is 1.07 bits per heavy atom. The molecule has 0 aromatic heterocycles. The van der Waals surface area contributed by atoms with Crippen molar-refractivity contribution in [2.75, 3.05) is 39.3 Å². The molecule has 0 atom stereocenters. The number of carbonyl (C=O) groups excluding carboxylic acids is 1. The molecule has 5 N–H and O–H groups in total. The van der Waals surface area contributed by atoms with E-state index >= 15 is 0 Å². The summed E-state index contributed by atoms with van der Waals surface area (Å²) >= 11 is 0. The first-order chi connectivity index (χ1) is 7.31. The van der Waals surface area contributed by atoms with E-state index in [1.165, 1.54) is 0 Å². The normalized spacial score (nSPS) is 10.3. The minimum atomic E-state index is 0.139. The van der Waals surface area contributed by atoms with Gasteiger partial charge in [-0.05, 0) is 6.42 Å². The third kappa shape index (κ3) is 11.3. The van der Waals surface area contributed by atoms with Crippen LogP contribution in [0.25, 0.3) is 0 Å². The smallest absolute Gasteiger partial charge is 0.220 e. The van der Waals surface area contributed by atoms with Crippen molar-refractivity contribution in [2.24, 2.45) is 5.73 Å². The maximum atomic E-state index is 11.1. The van der Waals surface area contributed by atoms with Gasteiger partial charge in [-0.2, -0.15) is 0 Å². The third-order valence-corrected chi connectivity index (χ3v) is 1.90. The Labute approximate surface area is 92.2 Å². The first-order valence-corrected chi connectivity index (χ1v) is 5.69. The zero-order chi connectivity index (χ0) is 11.4. The van der Waals surface area contributed by atoms with Crippen molar-refractivity contribution in [1.82, 2.24) is 16.0 Å². The van der Waals surface area contributed by atoms with E-state index in [9.17, 15) is 4.79 Å². The topological polar surface area (TPSA) is 79.2 Å². The minimum absolute atomic E-state index is 0.139. The minimum Gasteiger partial charge on any atom is -0.355 e. The van der Waals surface area contributed by atoms with Gasteiger partial charge in [0.1, 0.15) is 0 Å². The Bertz CT molecular complexity index is 152. The van der Waals surface area contributed by atoms with Crippen LogP contribution < -0.4 is 21.7 Å². The molecule has 0 radical (unpaired) electrons. The van der Waals surface area contributed by atoms with Crippen molar-refractivity contribution in [2.45, 2.75) is 19.8 Å². The second kappa shape index (κ2) is 11.4. The largest absolute Gasteiger partial charge is 0.355 e. The lowest BCUT2D eigenvalue weighted by Gasteiger charge is -2.06. The molecule has 15 heavy (non-hydrogen) atoms. The van der Waals surface area contributed by atoms with Crippen LogP contribution in [-0.2, 0) is 4.79 Å². The summed E-state index contributed by atoms with van der Waals surface area (Å²) in [5.41, 5.74) is 5.32. The van der Waals surface area contributed by atoms with E-state index in [2.05, 4.69) is 16.0 Å². The first-order valence-electron chi connectivity index (χ1n) is 5.69. The summed E-state index contributed by atoms with van der Waals surface area (Å²) in [7, 11) is 0. The molecule has 0 saturated heterocycles. The van der Waals surface area contributed by atoms with Crippen molar-refractivity contribution >= 4 is 5.91 Å². The number of hydrogen-bond donors (Lipinski definition) is 4. The lowest BCUT2D eigenvalue weighted by Crippen LogP contribution is -2.35. The molecule has 1 amide bonds. The molecule has 0 aliphatic rings. The lowest BCUT2D eigenvalue weighted by atomic mass is 10.3. The van der Waals surface area contributed by atoms with Gasteiger partial charge in [0.05, 0.1) is 0 Å². The van der Waals surface area contributed by atoms with Crippen LogP contribution in [0.4, 0.5) is 0 Å². The Morgan fingerprint density at radius 2 is 1.67 bits per heavy atom. The van der Waals surface area contributed by atoms with Crippen LogP contribution in [0.2, 0.25) is 0 Å². The average molecular weight is 216 g/mol. The number of hydrogen-bond acceptors (Lipinski definition) is 4. The second-order valence-corrected chi connectivity index (χ2v) is 3.39. The van der Waals surface area contributed by atoms with E-state index in [4.69, 9.17) is 5.73 Å².